The van der Waals surface area contributed by atoms with Crippen LogP contribution in [0.25, 0.3) is 0 Å². The standard InChI is InChI=1S/C27H37N3O5.C22H29NO3/c1-19(2)17-35-27(33)30-24(26(31)32)16-20-10-12-23(13-11-20)34-18-21-7-6-8-22(15-21)29-25-9-4-3-5-14-28-25;1-16(2)14-26-22(24)23-18(4)13-19-8-10-21(11-9-19)25-15-20-7-5-6-17(3)12-20/h6-8,10-13,15,19,24,26,31-32H,3-5,9,14,16-18H2,1-2H3,(H,28,29)(H,30,33);5-12,16,18H,13-15H2,1-4H3,(H,23,24). The minimum Gasteiger partial charge on any atom is -0.489 e. The Morgan fingerprint density at radius 1 is 0.656 bits per heavy atom. The number of amidine groups is 1. The van der Waals surface area contributed by atoms with Crippen LogP contribution in [-0.4, -0.2) is 66.4 Å². The molecule has 61 heavy (non-hydrogen) atoms. The third kappa shape index (κ3) is 19.6. The predicted octanol–water partition coefficient (Wildman–Crippen LogP) is 9.14. The van der Waals surface area contributed by atoms with Crippen LogP contribution in [-0.2, 0) is 35.5 Å². The van der Waals surface area contributed by atoms with Crippen LogP contribution in [0.2, 0.25) is 0 Å². The highest BCUT2D eigenvalue weighted by atomic mass is 16.6. The van der Waals surface area contributed by atoms with Crippen molar-refractivity contribution in [2.75, 3.05) is 25.1 Å². The lowest BCUT2D eigenvalue weighted by Gasteiger charge is -2.21. The molecule has 0 saturated carbocycles. The summed E-state index contributed by atoms with van der Waals surface area (Å²) in [5.41, 5.74) is 6.41. The number of ether oxygens (including phenoxy) is 4. The Morgan fingerprint density at radius 3 is 1.79 bits per heavy atom. The van der Waals surface area contributed by atoms with Gasteiger partial charge in [-0.25, -0.2) is 9.59 Å². The smallest absolute Gasteiger partial charge is 0.407 e. The number of hydrogen-bond acceptors (Lipinski definition) is 10. The molecule has 12 nitrogen and oxygen atoms in total. The highest BCUT2D eigenvalue weighted by molar-refractivity contribution is 5.95. The Balaban J connectivity index is 0.000000281. The van der Waals surface area contributed by atoms with Crippen LogP contribution in [0.15, 0.2) is 102 Å². The number of nitrogens with one attached hydrogen (secondary N) is 3. The molecular weight excluding hydrogens is 773 g/mol. The molecule has 0 fully saturated rings. The van der Waals surface area contributed by atoms with Gasteiger partial charge in [-0.3, -0.25) is 4.99 Å². The second kappa shape index (κ2) is 25.9. The molecule has 330 valence electrons. The molecule has 1 heterocycles. The first kappa shape index (κ1) is 48.1. The van der Waals surface area contributed by atoms with Gasteiger partial charge in [0, 0.05) is 24.7 Å². The molecule has 12 heteroatoms. The van der Waals surface area contributed by atoms with E-state index >= 15 is 0 Å². The summed E-state index contributed by atoms with van der Waals surface area (Å²) in [4.78, 5) is 28.2. The van der Waals surface area contributed by atoms with Gasteiger partial charge in [0.2, 0.25) is 0 Å². The molecule has 0 saturated heterocycles. The zero-order valence-electron chi connectivity index (χ0n) is 36.7. The Morgan fingerprint density at radius 2 is 1.21 bits per heavy atom. The van der Waals surface area contributed by atoms with Crippen molar-refractivity contribution in [3.05, 3.63) is 125 Å². The molecule has 5 N–H and O–H groups in total. The third-order valence-electron chi connectivity index (χ3n) is 9.45. The number of hydrogen-bond donors (Lipinski definition) is 5. The maximum Gasteiger partial charge on any atom is 0.407 e. The molecule has 4 aromatic rings. The first-order chi connectivity index (χ1) is 29.3. The van der Waals surface area contributed by atoms with Gasteiger partial charge in [-0.1, -0.05) is 100 Å². The lowest BCUT2D eigenvalue weighted by Crippen LogP contribution is -2.45. The first-order valence-electron chi connectivity index (χ1n) is 21.4. The number of aryl methyl sites for hydroxylation is 1. The summed E-state index contributed by atoms with van der Waals surface area (Å²) in [6.07, 6.45) is 2.79. The number of nitrogens with zero attached hydrogens (tertiary/aromatic N) is 1. The summed E-state index contributed by atoms with van der Waals surface area (Å²) in [7, 11) is 0. The summed E-state index contributed by atoms with van der Waals surface area (Å²) in [6.45, 7) is 14.5. The van der Waals surface area contributed by atoms with Gasteiger partial charge < -0.3 is 45.1 Å². The molecular formula is C49H66N4O8. The predicted molar refractivity (Wildman–Crippen MR) is 241 cm³/mol. The maximum absolute atomic E-state index is 11.9. The summed E-state index contributed by atoms with van der Waals surface area (Å²) in [5.74, 6) is 3.12. The minimum atomic E-state index is -1.71. The molecule has 1 aliphatic heterocycles. The molecule has 2 amide bonds. The number of carbonyl (C=O) groups excluding carboxylic acids is 2. The SMILES string of the molecule is CC(C)COC(=O)NC(Cc1ccc(OCc2cccc(NC3=NCCCCC3)c2)cc1)C(O)O.Cc1cccc(COc2ccc(CC(C)NC(=O)OCC(C)C)cc2)c1. The zero-order chi connectivity index (χ0) is 44.0. The topological polar surface area (TPSA) is 160 Å². The van der Waals surface area contributed by atoms with Crippen LogP contribution < -0.4 is 25.4 Å². The van der Waals surface area contributed by atoms with Crippen LogP contribution in [0.3, 0.4) is 0 Å². The molecule has 2 atom stereocenters. The van der Waals surface area contributed by atoms with E-state index in [1.165, 1.54) is 18.4 Å². The number of benzene rings is 4. The van der Waals surface area contributed by atoms with Gasteiger partial charge in [0.15, 0.2) is 6.29 Å². The minimum absolute atomic E-state index is 0.00808. The Labute approximate surface area is 362 Å². The molecule has 4 aromatic carbocycles. The number of carbonyl (C=O) groups is 2. The van der Waals surface area contributed by atoms with E-state index < -0.39 is 18.4 Å². The van der Waals surface area contributed by atoms with Crippen LogP contribution in [0, 0.1) is 18.8 Å². The fourth-order valence-corrected chi connectivity index (χ4v) is 6.27. The van der Waals surface area contributed by atoms with Gasteiger partial charge in [0.05, 0.1) is 19.3 Å². The number of amides is 2. The molecule has 5 rings (SSSR count). The van der Waals surface area contributed by atoms with E-state index in [0.717, 1.165) is 65.3 Å². The quantitative estimate of drug-likeness (QED) is 0.0616. The molecule has 0 aliphatic carbocycles. The van der Waals surface area contributed by atoms with E-state index in [0.29, 0.717) is 31.5 Å². The number of aliphatic imine (C=N–C) groups is 1. The first-order valence-corrected chi connectivity index (χ1v) is 21.4. The van der Waals surface area contributed by atoms with E-state index in [1.807, 2.05) is 107 Å². The highest BCUT2D eigenvalue weighted by Gasteiger charge is 2.21. The normalized spacial score (nSPS) is 13.5. The van der Waals surface area contributed by atoms with Crippen LogP contribution in [0.5, 0.6) is 11.5 Å². The summed E-state index contributed by atoms with van der Waals surface area (Å²) in [5, 5.41) is 28.1. The van der Waals surface area contributed by atoms with Crippen molar-refractivity contribution >= 4 is 23.7 Å². The number of anilines is 1. The van der Waals surface area contributed by atoms with Crippen molar-refractivity contribution in [3.63, 3.8) is 0 Å². The third-order valence-corrected chi connectivity index (χ3v) is 9.45. The molecule has 0 spiro atoms. The fraction of sp³-hybridized carbons (Fsp3) is 0.449. The summed E-state index contributed by atoms with van der Waals surface area (Å²) < 4.78 is 22.0. The molecule has 0 bridgehead atoms. The zero-order valence-corrected chi connectivity index (χ0v) is 36.7. The van der Waals surface area contributed by atoms with Crippen LogP contribution >= 0.6 is 0 Å². The van der Waals surface area contributed by atoms with Gasteiger partial charge in [-0.05, 0) is 110 Å². The van der Waals surface area contributed by atoms with Crippen molar-refractivity contribution in [2.45, 2.75) is 112 Å². The van der Waals surface area contributed by atoms with Gasteiger partial charge in [0.1, 0.15) is 30.5 Å². The molecule has 1 aliphatic rings. The second-order valence-electron chi connectivity index (χ2n) is 16.4. The van der Waals surface area contributed by atoms with Crippen molar-refractivity contribution in [2.24, 2.45) is 16.8 Å². The maximum atomic E-state index is 11.9. The number of aliphatic hydroxyl groups excluding tert-OH is 1. The van der Waals surface area contributed by atoms with Crippen molar-refractivity contribution < 1.29 is 38.7 Å². The highest BCUT2D eigenvalue weighted by Crippen LogP contribution is 2.20. The second-order valence-corrected chi connectivity index (χ2v) is 16.4. The Hall–Kier alpha value is -5.59. The lowest BCUT2D eigenvalue weighted by molar-refractivity contribution is -0.0660. The Bertz CT molecular complexity index is 1930. The molecule has 2 unspecified atom stereocenters. The van der Waals surface area contributed by atoms with Crippen molar-refractivity contribution in [1.82, 2.24) is 10.6 Å². The van der Waals surface area contributed by atoms with Crippen molar-refractivity contribution in [3.8, 4) is 11.5 Å². The van der Waals surface area contributed by atoms with Gasteiger partial charge in [-0.15, -0.1) is 0 Å². The average Bonchev–Trinajstić information content (AvgIpc) is 3.50. The number of alkyl carbamates (subject to hydrolysis) is 2. The van der Waals surface area contributed by atoms with E-state index in [-0.39, 0.29) is 31.1 Å². The fourth-order valence-electron chi connectivity index (χ4n) is 6.27. The lowest BCUT2D eigenvalue weighted by atomic mass is 10.1. The monoisotopic (exact) mass is 838 g/mol. The van der Waals surface area contributed by atoms with E-state index in [4.69, 9.17) is 18.9 Å². The van der Waals surface area contributed by atoms with Crippen LogP contribution in [0.1, 0.15) is 88.1 Å². The van der Waals surface area contributed by atoms with Gasteiger partial charge >= 0.3 is 12.2 Å². The summed E-state index contributed by atoms with van der Waals surface area (Å²) in [6, 6.07) is 30.9. The van der Waals surface area contributed by atoms with E-state index in [1.54, 1.807) is 0 Å². The number of aliphatic hydroxyl groups is 2. The van der Waals surface area contributed by atoms with Crippen molar-refractivity contribution in [1.29, 1.82) is 0 Å². The van der Waals surface area contributed by atoms with E-state index in [2.05, 4.69) is 52.1 Å². The Kier molecular flexibility index (Phi) is 20.4. The average molecular weight is 839 g/mol. The summed E-state index contributed by atoms with van der Waals surface area (Å²) >= 11 is 0. The molecule has 0 radical (unpaired) electrons. The largest absolute Gasteiger partial charge is 0.489 e. The van der Waals surface area contributed by atoms with Crippen LogP contribution in [0.4, 0.5) is 15.3 Å². The number of rotatable bonds is 18. The van der Waals surface area contributed by atoms with Gasteiger partial charge in [0.25, 0.3) is 0 Å². The molecule has 0 aromatic heterocycles. The van der Waals surface area contributed by atoms with E-state index in [9.17, 15) is 19.8 Å². The van der Waals surface area contributed by atoms with Gasteiger partial charge in [-0.2, -0.15) is 0 Å².